The number of rotatable bonds is 1. The van der Waals surface area contributed by atoms with Gasteiger partial charge in [0.15, 0.2) is 0 Å². The molecule has 1 aromatic rings. The fourth-order valence-corrected chi connectivity index (χ4v) is 0.762. The van der Waals surface area contributed by atoms with Gasteiger partial charge < -0.3 is 16.2 Å². The Kier molecular flexibility index (Phi) is 2.28. The van der Waals surface area contributed by atoms with Gasteiger partial charge in [0, 0.05) is 6.07 Å². The van der Waals surface area contributed by atoms with Gasteiger partial charge in [-0.1, -0.05) is 0 Å². The molecule has 1 heterocycles. The zero-order valence-corrected chi connectivity index (χ0v) is 6.68. The van der Waals surface area contributed by atoms with Crippen LogP contribution in [0.4, 0.5) is 24.5 Å². The molecule has 0 atom stereocenters. The van der Waals surface area contributed by atoms with Crippen LogP contribution in [0, 0.1) is 0 Å². The van der Waals surface area contributed by atoms with Crippen molar-refractivity contribution in [3.63, 3.8) is 0 Å². The maximum Gasteiger partial charge on any atom is 0.574 e. The number of aromatic amines is 1. The summed E-state index contributed by atoms with van der Waals surface area (Å²) in [5.74, 6) is -0.900. The molecule has 0 aromatic carbocycles. The van der Waals surface area contributed by atoms with E-state index in [9.17, 15) is 18.0 Å². The number of H-pyrrole nitrogens is 1. The molecule has 0 saturated heterocycles. The maximum atomic E-state index is 11.7. The number of hydrogen-bond donors (Lipinski definition) is 3. The molecule has 0 aliphatic heterocycles. The van der Waals surface area contributed by atoms with Gasteiger partial charge in [-0.15, -0.1) is 13.2 Å². The van der Waals surface area contributed by atoms with Gasteiger partial charge in [-0.2, -0.15) is 0 Å². The largest absolute Gasteiger partial charge is 0.574 e. The Bertz CT molecular complexity index is 398. The molecule has 0 unspecified atom stereocenters. The van der Waals surface area contributed by atoms with E-state index in [1.54, 1.807) is 4.98 Å². The van der Waals surface area contributed by atoms with Crippen LogP contribution in [0.2, 0.25) is 0 Å². The van der Waals surface area contributed by atoms with Crippen molar-refractivity contribution in [1.82, 2.24) is 4.98 Å². The van der Waals surface area contributed by atoms with Crippen molar-refractivity contribution in [3.05, 3.63) is 16.4 Å². The first-order valence-electron chi connectivity index (χ1n) is 3.33. The molecule has 0 radical (unpaired) electrons. The first kappa shape index (κ1) is 10.2. The summed E-state index contributed by atoms with van der Waals surface area (Å²) < 4.78 is 38.7. The van der Waals surface area contributed by atoms with Crippen molar-refractivity contribution in [2.24, 2.45) is 0 Å². The van der Waals surface area contributed by atoms with Gasteiger partial charge in [0.05, 0.1) is 5.69 Å². The van der Waals surface area contributed by atoms with E-state index >= 15 is 0 Å². The lowest BCUT2D eigenvalue weighted by atomic mass is 10.3. The van der Waals surface area contributed by atoms with Crippen molar-refractivity contribution in [1.29, 1.82) is 0 Å². The minimum absolute atomic E-state index is 0.270. The lowest BCUT2D eigenvalue weighted by molar-refractivity contribution is -0.275. The number of aromatic nitrogens is 1. The average Bonchev–Trinajstić information content (AvgIpc) is 1.96. The third kappa shape index (κ3) is 2.31. The van der Waals surface area contributed by atoms with Gasteiger partial charge >= 0.3 is 6.36 Å². The Morgan fingerprint density at radius 2 is 1.93 bits per heavy atom. The zero-order valence-electron chi connectivity index (χ0n) is 6.68. The second kappa shape index (κ2) is 3.13. The molecule has 0 fully saturated rings. The number of alkyl halides is 3. The molecule has 0 saturated carbocycles. The number of anilines is 2. The monoisotopic (exact) mass is 209 g/mol. The van der Waals surface area contributed by atoms with Crippen LogP contribution in [0.25, 0.3) is 0 Å². The number of nitrogen functional groups attached to an aromatic ring is 2. The Balaban J connectivity index is 3.15. The van der Waals surface area contributed by atoms with Crippen LogP contribution in [0.5, 0.6) is 5.88 Å². The summed E-state index contributed by atoms with van der Waals surface area (Å²) >= 11 is 0. The molecular weight excluding hydrogens is 203 g/mol. The van der Waals surface area contributed by atoms with Crippen LogP contribution in [0.1, 0.15) is 0 Å². The summed E-state index contributed by atoms with van der Waals surface area (Å²) in [6, 6.07) is 0.860. The lowest BCUT2D eigenvalue weighted by Gasteiger charge is -2.10. The topological polar surface area (TPSA) is 94.1 Å². The predicted octanol–water partition coefficient (Wildman–Crippen LogP) is 0.438. The first-order valence-corrected chi connectivity index (χ1v) is 3.33. The second-order valence-corrected chi connectivity index (χ2v) is 2.38. The highest BCUT2D eigenvalue weighted by atomic mass is 19.4. The third-order valence-electron chi connectivity index (χ3n) is 1.30. The number of hydrogen-bond acceptors (Lipinski definition) is 4. The highest BCUT2D eigenvalue weighted by molar-refractivity contribution is 5.67. The van der Waals surface area contributed by atoms with E-state index in [-0.39, 0.29) is 5.69 Å². The predicted molar refractivity (Wildman–Crippen MR) is 42.6 cm³/mol. The highest BCUT2D eigenvalue weighted by Crippen LogP contribution is 2.27. The van der Waals surface area contributed by atoms with Gasteiger partial charge in [0.25, 0.3) is 5.56 Å². The highest BCUT2D eigenvalue weighted by Gasteiger charge is 2.32. The SMILES string of the molecule is Nc1cc(=O)[nH]c(OC(F)(F)F)c1N. The van der Waals surface area contributed by atoms with Crippen molar-refractivity contribution in [2.75, 3.05) is 11.5 Å². The lowest BCUT2D eigenvalue weighted by Crippen LogP contribution is -2.21. The number of pyridine rings is 1. The first-order chi connectivity index (χ1) is 6.29. The smallest absolute Gasteiger partial charge is 0.397 e. The van der Waals surface area contributed by atoms with Crippen molar-refractivity contribution in [3.8, 4) is 5.88 Å². The third-order valence-corrected chi connectivity index (χ3v) is 1.30. The Morgan fingerprint density at radius 1 is 1.36 bits per heavy atom. The molecule has 78 valence electrons. The summed E-state index contributed by atoms with van der Waals surface area (Å²) in [6.45, 7) is 0. The molecule has 0 aliphatic rings. The van der Waals surface area contributed by atoms with Crippen molar-refractivity contribution in [2.45, 2.75) is 6.36 Å². The summed E-state index contributed by atoms with van der Waals surface area (Å²) in [6.07, 6.45) is -4.93. The van der Waals surface area contributed by atoms with Gasteiger partial charge in [-0.3, -0.25) is 9.78 Å². The van der Waals surface area contributed by atoms with Crippen LogP contribution in [-0.2, 0) is 0 Å². The van der Waals surface area contributed by atoms with Crippen molar-refractivity contribution >= 4 is 11.4 Å². The van der Waals surface area contributed by atoms with Crippen LogP contribution in [0.15, 0.2) is 10.9 Å². The van der Waals surface area contributed by atoms with E-state index < -0.39 is 23.5 Å². The molecule has 0 aliphatic carbocycles. The Hall–Kier alpha value is -1.86. The van der Waals surface area contributed by atoms with Crippen LogP contribution < -0.4 is 21.8 Å². The Morgan fingerprint density at radius 3 is 2.43 bits per heavy atom. The minimum atomic E-state index is -4.93. The van der Waals surface area contributed by atoms with E-state index in [4.69, 9.17) is 11.5 Å². The van der Waals surface area contributed by atoms with E-state index in [1.165, 1.54) is 0 Å². The molecule has 5 nitrogen and oxygen atoms in total. The molecule has 0 spiro atoms. The van der Waals surface area contributed by atoms with Crippen LogP contribution in [-0.4, -0.2) is 11.3 Å². The number of ether oxygens (including phenoxy) is 1. The van der Waals surface area contributed by atoms with E-state index in [2.05, 4.69) is 4.74 Å². The van der Waals surface area contributed by atoms with E-state index in [0.29, 0.717) is 0 Å². The normalized spacial score (nSPS) is 11.4. The Labute approximate surface area is 75.5 Å². The molecule has 1 aromatic heterocycles. The van der Waals surface area contributed by atoms with Gasteiger partial charge in [-0.25, -0.2) is 0 Å². The summed E-state index contributed by atoms with van der Waals surface area (Å²) in [4.78, 5) is 12.5. The summed E-state index contributed by atoms with van der Waals surface area (Å²) in [7, 11) is 0. The van der Waals surface area contributed by atoms with E-state index in [1.807, 2.05) is 0 Å². The summed E-state index contributed by atoms with van der Waals surface area (Å²) in [5.41, 5.74) is 8.74. The van der Waals surface area contributed by atoms with Gasteiger partial charge in [-0.05, 0) is 0 Å². The molecule has 8 heteroatoms. The number of nitrogens with two attached hydrogens (primary N) is 2. The average molecular weight is 209 g/mol. The standard InChI is InChI=1S/C6H6F3N3O2/c7-6(8,9)14-5-4(11)2(10)1-3(13)12-5/h1H,11H2,(H3,10,12,13). The molecule has 14 heavy (non-hydrogen) atoms. The van der Waals surface area contributed by atoms with Gasteiger partial charge in [0.2, 0.25) is 5.88 Å². The fraction of sp³-hybridized carbons (Fsp3) is 0.167. The number of nitrogens with one attached hydrogen (secondary N) is 1. The quantitative estimate of drug-likeness (QED) is 0.625. The molecule has 1 rings (SSSR count). The minimum Gasteiger partial charge on any atom is -0.397 e. The maximum absolute atomic E-state index is 11.7. The second-order valence-electron chi connectivity index (χ2n) is 2.38. The molecular formula is C6H6F3N3O2. The van der Waals surface area contributed by atoms with Crippen molar-refractivity contribution < 1.29 is 17.9 Å². The number of halogens is 3. The van der Waals surface area contributed by atoms with Crippen LogP contribution >= 0.6 is 0 Å². The molecule has 0 bridgehead atoms. The zero-order chi connectivity index (χ0) is 10.9. The van der Waals surface area contributed by atoms with E-state index in [0.717, 1.165) is 6.07 Å². The summed E-state index contributed by atoms with van der Waals surface area (Å²) in [5, 5.41) is 0. The molecule has 5 N–H and O–H groups in total. The molecule has 0 amide bonds. The fourth-order valence-electron chi connectivity index (χ4n) is 0.762. The van der Waals surface area contributed by atoms with Crippen LogP contribution in [0.3, 0.4) is 0 Å². The van der Waals surface area contributed by atoms with Gasteiger partial charge in [0.1, 0.15) is 5.69 Å².